The first-order valence-corrected chi connectivity index (χ1v) is 7.48. The molecule has 1 aromatic carbocycles. The molecule has 2 N–H and O–H groups in total. The Morgan fingerprint density at radius 1 is 1.33 bits per heavy atom. The molecule has 21 heavy (non-hydrogen) atoms. The highest BCUT2D eigenvalue weighted by Gasteiger charge is 2.25. The van der Waals surface area contributed by atoms with Crippen LogP contribution in [0, 0.1) is 0 Å². The zero-order valence-corrected chi connectivity index (χ0v) is 12.8. The molecule has 0 aromatic heterocycles. The third-order valence-electron chi connectivity index (χ3n) is 3.73. The fourth-order valence-corrected chi connectivity index (χ4v) is 2.57. The molecule has 0 radical (unpaired) electrons. The average Bonchev–Trinajstić information content (AvgIpc) is 3.02. The van der Waals surface area contributed by atoms with Crippen molar-refractivity contribution in [3.8, 4) is 11.5 Å². The minimum Gasteiger partial charge on any atom is -0.493 e. The molecule has 0 saturated carbocycles. The number of hydrogen-bond donors (Lipinski definition) is 1. The Morgan fingerprint density at radius 2 is 2.05 bits per heavy atom. The number of nitrogens with two attached hydrogens (primary N) is 1. The van der Waals surface area contributed by atoms with Gasteiger partial charge >= 0.3 is 0 Å². The molecule has 1 saturated heterocycles. The Labute approximate surface area is 126 Å². The lowest BCUT2D eigenvalue weighted by molar-refractivity contribution is -0.136. The molecule has 1 atom stereocenters. The van der Waals surface area contributed by atoms with Gasteiger partial charge in [0.25, 0.3) is 5.91 Å². The largest absolute Gasteiger partial charge is 0.493 e. The topological polar surface area (TPSA) is 64.8 Å². The summed E-state index contributed by atoms with van der Waals surface area (Å²) in [6, 6.07) is 5.71. The monoisotopic (exact) mass is 292 g/mol. The predicted molar refractivity (Wildman–Crippen MR) is 81.7 cm³/mol. The van der Waals surface area contributed by atoms with Gasteiger partial charge in [0.15, 0.2) is 17.6 Å². The number of methoxy groups -OCH3 is 1. The van der Waals surface area contributed by atoms with Crippen LogP contribution in [0.5, 0.6) is 11.5 Å². The van der Waals surface area contributed by atoms with Crippen LogP contribution in [0.15, 0.2) is 18.2 Å². The second kappa shape index (κ2) is 7.31. The summed E-state index contributed by atoms with van der Waals surface area (Å²) in [4.78, 5) is 14.1. The molecule has 5 heteroatoms. The van der Waals surface area contributed by atoms with Crippen LogP contribution in [0.1, 0.15) is 25.3 Å². The van der Waals surface area contributed by atoms with Crippen molar-refractivity contribution < 1.29 is 14.3 Å². The van der Waals surface area contributed by atoms with Crippen molar-refractivity contribution in [2.75, 3.05) is 26.7 Å². The van der Waals surface area contributed by atoms with Crippen molar-refractivity contribution in [2.45, 2.75) is 32.3 Å². The van der Waals surface area contributed by atoms with Gasteiger partial charge in [-0.05, 0) is 50.4 Å². The van der Waals surface area contributed by atoms with E-state index >= 15 is 0 Å². The highest BCUT2D eigenvalue weighted by Crippen LogP contribution is 2.29. The van der Waals surface area contributed by atoms with E-state index in [1.165, 1.54) is 0 Å². The van der Waals surface area contributed by atoms with Crippen molar-refractivity contribution in [3.05, 3.63) is 23.8 Å². The molecule has 1 heterocycles. The number of carbonyl (C=O) groups excluding carboxylic acids is 1. The van der Waals surface area contributed by atoms with E-state index in [0.717, 1.165) is 37.9 Å². The van der Waals surface area contributed by atoms with Gasteiger partial charge in [0.1, 0.15) is 0 Å². The van der Waals surface area contributed by atoms with Gasteiger partial charge in [-0.15, -0.1) is 0 Å². The summed E-state index contributed by atoms with van der Waals surface area (Å²) < 4.78 is 11.1. The summed E-state index contributed by atoms with van der Waals surface area (Å²) >= 11 is 0. The minimum absolute atomic E-state index is 0.0422. The van der Waals surface area contributed by atoms with Gasteiger partial charge in [0.2, 0.25) is 0 Å². The molecule has 1 aliphatic heterocycles. The van der Waals surface area contributed by atoms with Gasteiger partial charge in [-0.2, -0.15) is 0 Å². The molecule has 1 aromatic rings. The smallest absolute Gasteiger partial charge is 0.263 e. The van der Waals surface area contributed by atoms with Crippen molar-refractivity contribution in [1.29, 1.82) is 0 Å². The number of rotatable bonds is 6. The maximum absolute atomic E-state index is 12.3. The van der Waals surface area contributed by atoms with Crippen LogP contribution in [0.3, 0.4) is 0 Å². The van der Waals surface area contributed by atoms with E-state index in [4.69, 9.17) is 15.2 Å². The molecule has 1 fully saturated rings. The Hall–Kier alpha value is -1.75. The fourth-order valence-electron chi connectivity index (χ4n) is 2.57. The second-order valence-electron chi connectivity index (χ2n) is 5.32. The molecule has 1 unspecified atom stereocenters. The third kappa shape index (κ3) is 3.88. The van der Waals surface area contributed by atoms with Crippen molar-refractivity contribution >= 4 is 5.91 Å². The number of nitrogens with zero attached hydrogens (tertiary/aromatic N) is 1. The molecular formula is C16H24N2O3. The first kappa shape index (κ1) is 15.6. The molecule has 0 spiro atoms. The van der Waals surface area contributed by atoms with Crippen LogP contribution >= 0.6 is 0 Å². The van der Waals surface area contributed by atoms with Gasteiger partial charge in [-0.3, -0.25) is 4.79 Å². The molecule has 5 nitrogen and oxygen atoms in total. The maximum Gasteiger partial charge on any atom is 0.263 e. The van der Waals surface area contributed by atoms with Crippen LogP contribution < -0.4 is 15.2 Å². The van der Waals surface area contributed by atoms with E-state index in [1.807, 2.05) is 23.1 Å². The second-order valence-corrected chi connectivity index (χ2v) is 5.32. The summed E-state index contributed by atoms with van der Waals surface area (Å²) in [5.74, 6) is 1.28. The van der Waals surface area contributed by atoms with Gasteiger partial charge in [0.05, 0.1) is 7.11 Å². The average molecular weight is 292 g/mol. The molecule has 0 aliphatic carbocycles. The van der Waals surface area contributed by atoms with Crippen LogP contribution in [-0.2, 0) is 11.2 Å². The van der Waals surface area contributed by atoms with Crippen molar-refractivity contribution in [3.63, 3.8) is 0 Å². The summed E-state index contributed by atoms with van der Waals surface area (Å²) in [6.45, 7) is 4.04. The van der Waals surface area contributed by atoms with Crippen molar-refractivity contribution in [1.82, 2.24) is 4.90 Å². The number of hydrogen-bond acceptors (Lipinski definition) is 4. The lowest BCUT2D eigenvalue weighted by Gasteiger charge is -2.22. The van der Waals surface area contributed by atoms with E-state index in [9.17, 15) is 4.79 Å². The lowest BCUT2D eigenvalue weighted by atomic mass is 10.1. The number of benzene rings is 1. The predicted octanol–water partition coefficient (Wildman–Crippen LogP) is 1.59. The first-order chi connectivity index (χ1) is 10.2. The summed E-state index contributed by atoms with van der Waals surface area (Å²) in [5, 5.41) is 0. The molecule has 2 rings (SSSR count). The standard InChI is InChI=1S/C16H24N2O3/c1-12(16(19)18-9-3-4-10-18)21-14-6-5-13(7-8-17)11-15(14)20-2/h5-6,11-12H,3-4,7-10,17H2,1-2H3. The summed E-state index contributed by atoms with van der Waals surface area (Å²) in [7, 11) is 1.60. The molecule has 0 bridgehead atoms. The quantitative estimate of drug-likeness (QED) is 0.864. The Kier molecular flexibility index (Phi) is 5.44. The lowest BCUT2D eigenvalue weighted by Crippen LogP contribution is -2.38. The third-order valence-corrected chi connectivity index (χ3v) is 3.73. The Morgan fingerprint density at radius 3 is 2.67 bits per heavy atom. The van der Waals surface area contributed by atoms with Crippen LogP contribution in [-0.4, -0.2) is 43.7 Å². The number of carbonyl (C=O) groups is 1. The number of likely N-dealkylation sites (tertiary alicyclic amines) is 1. The number of amides is 1. The van der Waals surface area contributed by atoms with E-state index < -0.39 is 6.10 Å². The number of ether oxygens (including phenoxy) is 2. The molecule has 116 valence electrons. The van der Waals surface area contributed by atoms with Gasteiger partial charge in [-0.1, -0.05) is 6.07 Å². The minimum atomic E-state index is -0.502. The Balaban J connectivity index is 2.05. The first-order valence-electron chi connectivity index (χ1n) is 7.48. The Bertz CT molecular complexity index is 484. The van der Waals surface area contributed by atoms with E-state index in [-0.39, 0.29) is 5.91 Å². The highest BCUT2D eigenvalue weighted by atomic mass is 16.5. The molecular weight excluding hydrogens is 268 g/mol. The van der Waals surface area contributed by atoms with E-state index in [0.29, 0.717) is 18.0 Å². The van der Waals surface area contributed by atoms with Crippen molar-refractivity contribution in [2.24, 2.45) is 5.73 Å². The van der Waals surface area contributed by atoms with Gasteiger partial charge in [-0.25, -0.2) is 0 Å². The molecule has 1 aliphatic rings. The van der Waals surface area contributed by atoms with Crippen LogP contribution in [0.4, 0.5) is 0 Å². The van der Waals surface area contributed by atoms with Gasteiger partial charge in [0, 0.05) is 13.1 Å². The van der Waals surface area contributed by atoms with Gasteiger partial charge < -0.3 is 20.1 Å². The normalized spacial score (nSPS) is 15.9. The highest BCUT2D eigenvalue weighted by molar-refractivity contribution is 5.81. The van der Waals surface area contributed by atoms with Crippen LogP contribution in [0.2, 0.25) is 0 Å². The van der Waals surface area contributed by atoms with E-state index in [2.05, 4.69) is 0 Å². The SMILES string of the molecule is COc1cc(CCN)ccc1OC(C)C(=O)N1CCCC1. The van der Waals surface area contributed by atoms with Crippen LogP contribution in [0.25, 0.3) is 0 Å². The summed E-state index contributed by atoms with van der Waals surface area (Å²) in [5.41, 5.74) is 6.66. The fraction of sp³-hybridized carbons (Fsp3) is 0.562. The zero-order chi connectivity index (χ0) is 15.2. The zero-order valence-electron chi connectivity index (χ0n) is 12.8. The summed E-state index contributed by atoms with van der Waals surface area (Å²) in [6.07, 6.45) is 2.45. The van der Waals surface area contributed by atoms with E-state index in [1.54, 1.807) is 14.0 Å². The molecule has 1 amide bonds. The maximum atomic E-state index is 12.3.